The molecule has 4 N–H and O–H groups in total. The third-order valence-corrected chi connectivity index (χ3v) is 2.72. The van der Waals surface area contributed by atoms with E-state index in [1.165, 1.54) is 24.4 Å². The molecule has 7 heteroatoms. The van der Waals surface area contributed by atoms with E-state index in [9.17, 15) is 9.59 Å². The summed E-state index contributed by atoms with van der Waals surface area (Å²) >= 11 is 5.89. The second-order valence-electron chi connectivity index (χ2n) is 3.88. The third kappa shape index (κ3) is 3.46. The van der Waals surface area contributed by atoms with Crippen LogP contribution in [0.2, 0.25) is 5.02 Å². The maximum absolute atomic E-state index is 11.7. The Morgan fingerprint density at radius 1 is 1.15 bits per heavy atom. The van der Waals surface area contributed by atoms with Crippen molar-refractivity contribution < 1.29 is 9.59 Å². The minimum Gasteiger partial charge on any atom is -0.366 e. The molecule has 0 aliphatic rings. The fourth-order valence-corrected chi connectivity index (χ4v) is 1.80. The van der Waals surface area contributed by atoms with Gasteiger partial charge in [-0.05, 0) is 30.3 Å². The summed E-state index contributed by atoms with van der Waals surface area (Å²) in [4.78, 5) is 26.6. The molecule has 0 aliphatic heterocycles. The summed E-state index contributed by atoms with van der Waals surface area (Å²) in [6.07, 6.45) is 3.12. The molecular formula is C13H11ClN4O2. The number of hydrogen-bond acceptors (Lipinski definition) is 3. The summed E-state index contributed by atoms with van der Waals surface area (Å²) in [5.41, 5.74) is 6.34. The van der Waals surface area contributed by atoms with Crippen molar-refractivity contribution in [2.24, 2.45) is 5.73 Å². The molecule has 6 nitrogen and oxygen atoms in total. The standard InChI is InChI=1S/C13H11ClN4O2/c14-11-6-8(3-4-10(11)12(15)19)17-13(20)18-9-2-1-5-16-7-9/h1-7H,(H2,15,19)(H2,17,18,20). The average molecular weight is 291 g/mol. The zero-order chi connectivity index (χ0) is 14.5. The molecule has 0 radical (unpaired) electrons. The first-order chi connectivity index (χ1) is 9.56. The second kappa shape index (κ2) is 6.03. The quantitative estimate of drug-likeness (QED) is 0.810. The van der Waals surface area contributed by atoms with E-state index >= 15 is 0 Å². The van der Waals surface area contributed by atoms with E-state index in [1.54, 1.807) is 18.3 Å². The molecule has 0 unspecified atom stereocenters. The largest absolute Gasteiger partial charge is 0.366 e. The molecule has 1 aromatic heterocycles. The molecule has 0 spiro atoms. The first-order valence-electron chi connectivity index (χ1n) is 5.63. The van der Waals surface area contributed by atoms with E-state index in [-0.39, 0.29) is 10.6 Å². The summed E-state index contributed by atoms with van der Waals surface area (Å²) in [6.45, 7) is 0. The van der Waals surface area contributed by atoms with Crippen molar-refractivity contribution in [3.05, 3.63) is 53.3 Å². The van der Waals surface area contributed by atoms with Crippen LogP contribution in [0.25, 0.3) is 0 Å². The molecule has 1 aromatic carbocycles. The molecule has 0 saturated carbocycles. The summed E-state index contributed by atoms with van der Waals surface area (Å²) in [6, 6.07) is 7.40. The molecular weight excluding hydrogens is 280 g/mol. The molecule has 20 heavy (non-hydrogen) atoms. The number of amides is 3. The fraction of sp³-hybridized carbons (Fsp3) is 0. The van der Waals surface area contributed by atoms with Gasteiger partial charge in [0.2, 0.25) is 5.91 Å². The monoisotopic (exact) mass is 290 g/mol. The van der Waals surface area contributed by atoms with Gasteiger partial charge in [0.05, 0.1) is 22.5 Å². The molecule has 2 rings (SSSR count). The number of carbonyl (C=O) groups is 2. The van der Waals surface area contributed by atoms with Gasteiger partial charge in [0.15, 0.2) is 0 Å². The number of nitrogens with two attached hydrogens (primary N) is 1. The van der Waals surface area contributed by atoms with E-state index < -0.39 is 11.9 Å². The van der Waals surface area contributed by atoms with Crippen LogP contribution in [0.4, 0.5) is 16.2 Å². The number of rotatable bonds is 3. The van der Waals surface area contributed by atoms with Crippen LogP contribution in [-0.4, -0.2) is 16.9 Å². The molecule has 0 aliphatic carbocycles. The number of benzene rings is 1. The lowest BCUT2D eigenvalue weighted by atomic mass is 10.2. The number of nitrogens with one attached hydrogen (secondary N) is 2. The highest BCUT2D eigenvalue weighted by Gasteiger charge is 2.08. The lowest BCUT2D eigenvalue weighted by molar-refractivity contribution is 0.100. The van der Waals surface area contributed by atoms with Crippen molar-refractivity contribution in [1.82, 2.24) is 4.98 Å². The zero-order valence-electron chi connectivity index (χ0n) is 10.3. The Morgan fingerprint density at radius 2 is 1.90 bits per heavy atom. The highest BCUT2D eigenvalue weighted by molar-refractivity contribution is 6.34. The van der Waals surface area contributed by atoms with Gasteiger partial charge in [-0.1, -0.05) is 11.6 Å². The molecule has 0 saturated heterocycles. The summed E-state index contributed by atoms with van der Waals surface area (Å²) < 4.78 is 0. The maximum atomic E-state index is 11.7. The van der Waals surface area contributed by atoms with Gasteiger partial charge < -0.3 is 16.4 Å². The van der Waals surface area contributed by atoms with E-state index in [4.69, 9.17) is 17.3 Å². The smallest absolute Gasteiger partial charge is 0.323 e. The number of hydrogen-bond donors (Lipinski definition) is 3. The molecule has 102 valence electrons. The number of pyridine rings is 1. The van der Waals surface area contributed by atoms with Crippen LogP contribution in [0.15, 0.2) is 42.7 Å². The number of carbonyl (C=O) groups excluding carboxylic acids is 2. The number of halogens is 1. The van der Waals surface area contributed by atoms with Gasteiger partial charge in [0, 0.05) is 11.9 Å². The molecule has 0 fully saturated rings. The number of urea groups is 1. The highest BCUT2D eigenvalue weighted by Crippen LogP contribution is 2.20. The van der Waals surface area contributed by atoms with Crippen molar-refractivity contribution >= 4 is 34.9 Å². The van der Waals surface area contributed by atoms with Crippen LogP contribution in [0.1, 0.15) is 10.4 Å². The Kier molecular flexibility index (Phi) is 4.17. The number of nitrogens with zero attached hydrogens (tertiary/aromatic N) is 1. The lowest BCUT2D eigenvalue weighted by Crippen LogP contribution is -2.19. The van der Waals surface area contributed by atoms with Crippen molar-refractivity contribution in [2.75, 3.05) is 10.6 Å². The van der Waals surface area contributed by atoms with E-state index in [1.807, 2.05) is 0 Å². The van der Waals surface area contributed by atoms with Crippen LogP contribution < -0.4 is 16.4 Å². The van der Waals surface area contributed by atoms with Crippen molar-refractivity contribution in [1.29, 1.82) is 0 Å². The summed E-state index contributed by atoms with van der Waals surface area (Å²) in [7, 11) is 0. The first-order valence-corrected chi connectivity index (χ1v) is 6.01. The van der Waals surface area contributed by atoms with Crippen LogP contribution in [0.3, 0.4) is 0 Å². The van der Waals surface area contributed by atoms with Crippen LogP contribution >= 0.6 is 11.6 Å². The van der Waals surface area contributed by atoms with E-state index in [0.29, 0.717) is 11.4 Å². The minimum absolute atomic E-state index is 0.177. The van der Waals surface area contributed by atoms with Gasteiger partial charge >= 0.3 is 6.03 Å². The number of primary amides is 1. The van der Waals surface area contributed by atoms with Crippen molar-refractivity contribution in [3.8, 4) is 0 Å². The van der Waals surface area contributed by atoms with Crippen LogP contribution in [0.5, 0.6) is 0 Å². The summed E-state index contributed by atoms with van der Waals surface area (Å²) in [5.74, 6) is -0.624. The van der Waals surface area contributed by atoms with Gasteiger partial charge in [-0.2, -0.15) is 0 Å². The summed E-state index contributed by atoms with van der Waals surface area (Å²) in [5, 5.41) is 5.36. The third-order valence-electron chi connectivity index (χ3n) is 2.41. The van der Waals surface area contributed by atoms with Crippen molar-refractivity contribution in [2.45, 2.75) is 0 Å². The topological polar surface area (TPSA) is 97.1 Å². The van der Waals surface area contributed by atoms with Crippen molar-refractivity contribution in [3.63, 3.8) is 0 Å². The molecule has 0 bridgehead atoms. The Hall–Kier alpha value is -2.60. The fourth-order valence-electron chi connectivity index (χ4n) is 1.52. The van der Waals surface area contributed by atoms with Crippen LogP contribution in [-0.2, 0) is 0 Å². The zero-order valence-corrected chi connectivity index (χ0v) is 11.0. The van der Waals surface area contributed by atoms with Crippen LogP contribution in [0, 0.1) is 0 Å². The van der Waals surface area contributed by atoms with Gasteiger partial charge in [-0.25, -0.2) is 4.79 Å². The Morgan fingerprint density at radius 3 is 2.50 bits per heavy atom. The van der Waals surface area contributed by atoms with Gasteiger partial charge in [0.25, 0.3) is 0 Å². The lowest BCUT2D eigenvalue weighted by Gasteiger charge is -2.08. The minimum atomic E-state index is -0.624. The molecule has 1 heterocycles. The van der Waals surface area contributed by atoms with Gasteiger partial charge in [-0.3, -0.25) is 9.78 Å². The predicted octanol–water partition coefficient (Wildman–Crippen LogP) is 2.48. The SMILES string of the molecule is NC(=O)c1ccc(NC(=O)Nc2cccnc2)cc1Cl. The Labute approximate surface area is 120 Å². The average Bonchev–Trinajstić information content (AvgIpc) is 2.39. The molecule has 2 aromatic rings. The van der Waals surface area contributed by atoms with E-state index in [0.717, 1.165) is 0 Å². The molecule has 0 atom stereocenters. The Bertz CT molecular complexity index is 646. The van der Waals surface area contributed by atoms with Gasteiger partial charge in [-0.15, -0.1) is 0 Å². The normalized spacial score (nSPS) is 9.85. The van der Waals surface area contributed by atoms with Gasteiger partial charge in [0.1, 0.15) is 0 Å². The first kappa shape index (κ1) is 13.8. The Balaban J connectivity index is 2.05. The van der Waals surface area contributed by atoms with E-state index in [2.05, 4.69) is 15.6 Å². The highest BCUT2D eigenvalue weighted by atomic mass is 35.5. The number of anilines is 2. The molecule has 3 amide bonds. The predicted molar refractivity (Wildman–Crippen MR) is 76.8 cm³/mol. The maximum Gasteiger partial charge on any atom is 0.323 e. The second-order valence-corrected chi connectivity index (χ2v) is 4.29. The number of aromatic nitrogens is 1.